The minimum Gasteiger partial charge on any atom is -0.358 e. The normalized spacial score (nSPS) is 11.5. The standard InChI is InChI=1S/C16H12Cl2N2O3S/c1-11-9-16(20(19-11)14-4-2-3-13(18)10-14)23-24(21,22)15-7-5-12(17)6-8-15/h2-10H,1H3. The lowest BCUT2D eigenvalue weighted by Crippen LogP contribution is -2.12. The van der Waals surface area contributed by atoms with Crippen LogP contribution in [0.5, 0.6) is 5.88 Å². The average Bonchev–Trinajstić information content (AvgIpc) is 2.87. The van der Waals surface area contributed by atoms with Crippen LogP contribution in [0.1, 0.15) is 5.69 Å². The molecule has 5 nitrogen and oxygen atoms in total. The van der Waals surface area contributed by atoms with E-state index in [1.165, 1.54) is 35.0 Å². The SMILES string of the molecule is Cc1cc(OS(=O)(=O)c2ccc(Cl)cc2)n(-c2cccc(Cl)c2)n1. The molecule has 0 atom stereocenters. The third-order valence-corrected chi connectivity index (χ3v) is 4.88. The Kier molecular flexibility index (Phi) is 4.54. The summed E-state index contributed by atoms with van der Waals surface area (Å²) < 4.78 is 31.5. The third-order valence-electron chi connectivity index (χ3n) is 3.15. The Hall–Kier alpha value is -2.02. The Balaban J connectivity index is 2.00. The second-order valence-corrected chi connectivity index (χ2v) is 7.43. The first-order valence-corrected chi connectivity index (χ1v) is 9.04. The van der Waals surface area contributed by atoms with Gasteiger partial charge in [0.25, 0.3) is 0 Å². The average molecular weight is 383 g/mol. The van der Waals surface area contributed by atoms with Crippen LogP contribution in [0.2, 0.25) is 10.0 Å². The fourth-order valence-corrected chi connectivity index (χ4v) is 3.31. The molecule has 0 aliphatic heterocycles. The highest BCUT2D eigenvalue weighted by atomic mass is 35.5. The fourth-order valence-electron chi connectivity index (χ4n) is 2.09. The van der Waals surface area contributed by atoms with E-state index in [1.54, 1.807) is 31.2 Å². The summed E-state index contributed by atoms with van der Waals surface area (Å²) in [6.07, 6.45) is 0. The van der Waals surface area contributed by atoms with Gasteiger partial charge in [-0.05, 0) is 49.4 Å². The van der Waals surface area contributed by atoms with Gasteiger partial charge >= 0.3 is 10.1 Å². The van der Waals surface area contributed by atoms with Crippen LogP contribution in [0.3, 0.4) is 0 Å². The van der Waals surface area contributed by atoms with Gasteiger partial charge in [-0.15, -0.1) is 0 Å². The summed E-state index contributed by atoms with van der Waals surface area (Å²) in [7, 11) is -4.01. The van der Waals surface area contributed by atoms with E-state index in [9.17, 15) is 8.42 Å². The van der Waals surface area contributed by atoms with Crippen molar-refractivity contribution in [3.63, 3.8) is 0 Å². The molecule has 0 aliphatic rings. The zero-order chi connectivity index (χ0) is 17.3. The van der Waals surface area contributed by atoms with E-state index in [4.69, 9.17) is 27.4 Å². The number of hydrogen-bond acceptors (Lipinski definition) is 4. The molecule has 0 aliphatic carbocycles. The zero-order valence-electron chi connectivity index (χ0n) is 12.5. The summed E-state index contributed by atoms with van der Waals surface area (Å²) >= 11 is 11.8. The lowest BCUT2D eigenvalue weighted by molar-refractivity contribution is 0.465. The number of benzene rings is 2. The van der Waals surface area contributed by atoms with Crippen molar-refractivity contribution in [1.29, 1.82) is 0 Å². The summed E-state index contributed by atoms with van der Waals surface area (Å²) in [4.78, 5) is 0.00315. The molecule has 0 saturated heterocycles. The summed E-state index contributed by atoms with van der Waals surface area (Å²) in [5, 5.41) is 5.21. The molecule has 3 aromatic rings. The highest BCUT2D eigenvalue weighted by molar-refractivity contribution is 7.87. The number of hydrogen-bond donors (Lipinski definition) is 0. The quantitative estimate of drug-likeness (QED) is 0.632. The molecule has 0 radical (unpaired) electrons. The van der Waals surface area contributed by atoms with Crippen LogP contribution in [0, 0.1) is 6.92 Å². The molecule has 0 saturated carbocycles. The van der Waals surface area contributed by atoms with Crippen LogP contribution >= 0.6 is 23.2 Å². The summed E-state index contributed by atoms with van der Waals surface area (Å²) in [5.74, 6) is 0.0738. The van der Waals surface area contributed by atoms with Gasteiger partial charge in [0.05, 0.1) is 11.4 Å². The predicted molar refractivity (Wildman–Crippen MR) is 92.6 cm³/mol. The maximum absolute atomic E-state index is 12.4. The highest BCUT2D eigenvalue weighted by Crippen LogP contribution is 2.25. The second kappa shape index (κ2) is 6.47. The molecule has 1 aromatic heterocycles. The van der Waals surface area contributed by atoms with E-state index >= 15 is 0 Å². The Morgan fingerprint density at radius 1 is 1.00 bits per heavy atom. The van der Waals surface area contributed by atoms with E-state index in [2.05, 4.69) is 5.10 Å². The van der Waals surface area contributed by atoms with Crippen molar-refractivity contribution in [3.8, 4) is 11.6 Å². The Morgan fingerprint density at radius 3 is 2.38 bits per heavy atom. The lowest BCUT2D eigenvalue weighted by atomic mass is 10.3. The van der Waals surface area contributed by atoms with Crippen molar-refractivity contribution < 1.29 is 12.6 Å². The van der Waals surface area contributed by atoms with Gasteiger partial charge < -0.3 is 4.18 Å². The predicted octanol–water partition coefficient (Wildman–Crippen LogP) is 4.26. The fraction of sp³-hybridized carbons (Fsp3) is 0.0625. The van der Waals surface area contributed by atoms with Gasteiger partial charge in [0, 0.05) is 16.1 Å². The highest BCUT2D eigenvalue weighted by Gasteiger charge is 2.20. The molecular weight excluding hydrogens is 371 g/mol. The second-order valence-electron chi connectivity index (χ2n) is 5.01. The topological polar surface area (TPSA) is 61.2 Å². The molecule has 0 N–H and O–H groups in total. The lowest BCUT2D eigenvalue weighted by Gasteiger charge is -2.09. The van der Waals surface area contributed by atoms with E-state index < -0.39 is 10.1 Å². The van der Waals surface area contributed by atoms with Gasteiger partial charge in [-0.2, -0.15) is 18.2 Å². The van der Waals surface area contributed by atoms with E-state index in [0.29, 0.717) is 21.4 Å². The maximum atomic E-state index is 12.4. The van der Waals surface area contributed by atoms with Crippen LogP contribution in [-0.2, 0) is 10.1 Å². The number of halogens is 2. The largest absolute Gasteiger partial charge is 0.358 e. The van der Waals surface area contributed by atoms with E-state index in [1.807, 2.05) is 0 Å². The van der Waals surface area contributed by atoms with Gasteiger partial charge in [-0.3, -0.25) is 0 Å². The third kappa shape index (κ3) is 3.56. The molecule has 0 spiro atoms. The Labute approximate surface area is 149 Å². The molecule has 1 heterocycles. The first kappa shape index (κ1) is 16.8. The van der Waals surface area contributed by atoms with Crippen LogP contribution in [0.25, 0.3) is 5.69 Å². The smallest absolute Gasteiger partial charge is 0.340 e. The Bertz CT molecular complexity index is 983. The van der Waals surface area contributed by atoms with Crippen molar-refractivity contribution in [2.24, 2.45) is 0 Å². The number of nitrogens with zero attached hydrogens (tertiary/aromatic N) is 2. The van der Waals surface area contributed by atoms with Gasteiger partial charge in [0.15, 0.2) is 0 Å². The summed E-state index contributed by atoms with van der Waals surface area (Å²) in [5.41, 5.74) is 1.20. The number of aromatic nitrogens is 2. The minimum atomic E-state index is -4.01. The van der Waals surface area contributed by atoms with Crippen LogP contribution in [0.4, 0.5) is 0 Å². The van der Waals surface area contributed by atoms with Crippen LogP contribution < -0.4 is 4.18 Å². The molecule has 124 valence electrons. The van der Waals surface area contributed by atoms with Gasteiger partial charge in [-0.1, -0.05) is 29.3 Å². The van der Waals surface area contributed by atoms with Crippen LogP contribution in [-0.4, -0.2) is 18.2 Å². The molecule has 24 heavy (non-hydrogen) atoms. The monoisotopic (exact) mass is 382 g/mol. The molecule has 8 heteroatoms. The van der Waals surface area contributed by atoms with Gasteiger partial charge in [0.1, 0.15) is 4.90 Å². The molecule has 3 rings (SSSR count). The van der Waals surface area contributed by atoms with Gasteiger partial charge in [-0.25, -0.2) is 0 Å². The van der Waals surface area contributed by atoms with Crippen molar-refractivity contribution in [2.45, 2.75) is 11.8 Å². The first-order valence-electron chi connectivity index (χ1n) is 6.88. The van der Waals surface area contributed by atoms with Crippen molar-refractivity contribution in [1.82, 2.24) is 9.78 Å². The molecular formula is C16H12Cl2N2O3S. The zero-order valence-corrected chi connectivity index (χ0v) is 14.8. The van der Waals surface area contributed by atoms with E-state index in [0.717, 1.165) is 0 Å². The number of aryl methyl sites for hydroxylation is 1. The molecule has 0 amide bonds. The molecule has 0 bridgehead atoms. The van der Waals surface area contributed by atoms with Crippen molar-refractivity contribution in [3.05, 3.63) is 70.3 Å². The van der Waals surface area contributed by atoms with Crippen molar-refractivity contribution in [2.75, 3.05) is 0 Å². The summed E-state index contributed by atoms with van der Waals surface area (Å²) in [6, 6.07) is 14.1. The van der Waals surface area contributed by atoms with E-state index in [-0.39, 0.29) is 10.8 Å². The summed E-state index contributed by atoms with van der Waals surface area (Å²) in [6.45, 7) is 1.74. The van der Waals surface area contributed by atoms with Crippen LogP contribution in [0.15, 0.2) is 59.5 Å². The van der Waals surface area contributed by atoms with Gasteiger partial charge in [0.2, 0.25) is 5.88 Å². The first-order chi connectivity index (χ1) is 11.3. The molecule has 0 unspecified atom stereocenters. The minimum absolute atomic E-state index is 0.00315. The maximum Gasteiger partial charge on any atom is 0.340 e. The molecule has 0 fully saturated rings. The molecule has 2 aromatic carbocycles. The van der Waals surface area contributed by atoms with Crippen molar-refractivity contribution >= 4 is 33.3 Å². The Morgan fingerprint density at radius 2 is 1.71 bits per heavy atom. The number of rotatable bonds is 4.